The molecule has 0 atom stereocenters. The van der Waals surface area contributed by atoms with E-state index < -0.39 is 0 Å². The maximum Gasteiger partial charge on any atom is 0.331 e. The first-order valence-electron chi connectivity index (χ1n) is 3.09. The van der Waals surface area contributed by atoms with E-state index in [1.807, 2.05) is 13.2 Å². The Bertz CT molecular complexity index is 141. The molecule has 0 aromatic rings. The van der Waals surface area contributed by atoms with E-state index in [4.69, 9.17) is 0 Å². The molecule has 58 valence electrons. The first kappa shape index (κ1) is 9.56. The summed E-state index contributed by atoms with van der Waals surface area (Å²) in [6.45, 7) is 4.11. The minimum absolute atomic E-state index is 0.255. The lowest BCUT2D eigenvalue weighted by Crippen LogP contribution is -1.99. The maximum atomic E-state index is 10.7. The van der Waals surface area contributed by atoms with Crippen LogP contribution in [-0.2, 0) is 9.53 Å². The van der Waals surface area contributed by atoms with Crippen molar-refractivity contribution in [3.05, 3.63) is 11.0 Å². The Morgan fingerprint density at radius 3 is 2.70 bits per heavy atom. The Kier molecular flexibility index (Phi) is 5.12. The highest BCUT2D eigenvalue weighted by Gasteiger charge is 1.95. The van der Waals surface area contributed by atoms with Crippen LogP contribution in [0.3, 0.4) is 0 Å². The summed E-state index contributed by atoms with van der Waals surface area (Å²) in [5.41, 5.74) is 0. The first-order chi connectivity index (χ1) is 4.70. The van der Waals surface area contributed by atoms with E-state index in [0.717, 1.165) is 4.91 Å². The number of hydrogen-bond acceptors (Lipinski definition) is 3. The van der Waals surface area contributed by atoms with Gasteiger partial charge in [0.2, 0.25) is 0 Å². The minimum atomic E-state index is -0.255. The van der Waals surface area contributed by atoms with Crippen LogP contribution in [-0.4, -0.2) is 18.8 Å². The molecule has 0 saturated heterocycles. The van der Waals surface area contributed by atoms with E-state index in [1.54, 1.807) is 6.92 Å². The zero-order valence-electron chi connectivity index (χ0n) is 6.51. The van der Waals surface area contributed by atoms with E-state index >= 15 is 0 Å². The van der Waals surface area contributed by atoms with Crippen molar-refractivity contribution in [2.45, 2.75) is 13.8 Å². The fourth-order valence-electron chi connectivity index (χ4n) is 0.409. The normalized spacial score (nSPS) is 11.3. The molecule has 0 aliphatic carbocycles. The van der Waals surface area contributed by atoms with Crippen molar-refractivity contribution in [3.8, 4) is 0 Å². The summed E-state index contributed by atoms with van der Waals surface area (Å²) < 4.78 is 4.69. The molecule has 0 heterocycles. The smallest absolute Gasteiger partial charge is 0.331 e. The molecule has 0 bridgehead atoms. The topological polar surface area (TPSA) is 26.3 Å². The van der Waals surface area contributed by atoms with E-state index in [1.165, 1.54) is 17.8 Å². The molecule has 0 aliphatic heterocycles. The average Bonchev–Trinajstić information content (AvgIpc) is 1.88. The quantitative estimate of drug-likeness (QED) is 0.465. The number of allylic oxidation sites excluding steroid dienone is 1. The van der Waals surface area contributed by atoms with Crippen molar-refractivity contribution in [2.75, 3.05) is 12.9 Å². The van der Waals surface area contributed by atoms with Crippen LogP contribution in [0.15, 0.2) is 11.0 Å². The number of hydrogen-bond donors (Lipinski definition) is 0. The highest BCUT2D eigenvalue weighted by Crippen LogP contribution is 2.08. The predicted molar refractivity (Wildman–Crippen MR) is 43.9 cm³/mol. The second-order valence-corrected chi connectivity index (χ2v) is 2.76. The highest BCUT2D eigenvalue weighted by atomic mass is 32.2. The highest BCUT2D eigenvalue weighted by molar-refractivity contribution is 8.02. The van der Waals surface area contributed by atoms with Gasteiger partial charge in [0.15, 0.2) is 0 Å². The van der Waals surface area contributed by atoms with E-state index in [-0.39, 0.29) is 5.97 Å². The van der Waals surface area contributed by atoms with Gasteiger partial charge in [-0.15, -0.1) is 11.8 Å². The SMILES string of the molecule is CCOC(=O)/C=C(/C)SC. The summed E-state index contributed by atoms with van der Waals surface area (Å²) in [6.07, 6.45) is 3.42. The summed E-state index contributed by atoms with van der Waals surface area (Å²) in [7, 11) is 0. The van der Waals surface area contributed by atoms with Crippen LogP contribution >= 0.6 is 11.8 Å². The van der Waals surface area contributed by atoms with E-state index in [2.05, 4.69) is 4.74 Å². The number of carbonyl (C=O) groups excluding carboxylic acids is 1. The Labute approximate surface area is 65.6 Å². The van der Waals surface area contributed by atoms with Crippen molar-refractivity contribution in [1.29, 1.82) is 0 Å². The molecule has 0 unspecified atom stereocenters. The molecule has 0 fully saturated rings. The van der Waals surface area contributed by atoms with Gasteiger partial charge in [-0.25, -0.2) is 4.79 Å². The zero-order valence-corrected chi connectivity index (χ0v) is 7.33. The second-order valence-electron chi connectivity index (χ2n) is 1.71. The lowest BCUT2D eigenvalue weighted by molar-refractivity contribution is -0.137. The van der Waals surface area contributed by atoms with Crippen LogP contribution in [0.1, 0.15) is 13.8 Å². The molecular weight excluding hydrogens is 148 g/mol. The van der Waals surface area contributed by atoms with Gasteiger partial charge in [0, 0.05) is 6.08 Å². The number of ether oxygens (including phenoxy) is 1. The van der Waals surface area contributed by atoms with Crippen LogP contribution in [0, 0.1) is 0 Å². The molecule has 0 saturated carbocycles. The standard InChI is InChI=1S/C7H12O2S/c1-4-9-7(8)5-6(2)10-3/h5H,4H2,1-3H3/b6-5-. The van der Waals surface area contributed by atoms with Crippen molar-refractivity contribution in [2.24, 2.45) is 0 Å². The second kappa shape index (κ2) is 5.35. The summed E-state index contributed by atoms with van der Waals surface area (Å²) in [5, 5.41) is 0. The molecular formula is C7H12O2S. The molecule has 2 nitrogen and oxygen atoms in total. The Morgan fingerprint density at radius 2 is 2.30 bits per heavy atom. The largest absolute Gasteiger partial charge is 0.463 e. The van der Waals surface area contributed by atoms with Crippen LogP contribution in [0.2, 0.25) is 0 Å². The molecule has 0 aromatic carbocycles. The predicted octanol–water partition coefficient (Wildman–Crippen LogP) is 1.82. The van der Waals surface area contributed by atoms with Crippen molar-refractivity contribution >= 4 is 17.7 Å². The van der Waals surface area contributed by atoms with Crippen LogP contribution in [0.4, 0.5) is 0 Å². The van der Waals surface area contributed by atoms with Crippen LogP contribution in [0.25, 0.3) is 0 Å². The molecule has 0 radical (unpaired) electrons. The summed E-state index contributed by atoms with van der Waals surface area (Å²) in [5.74, 6) is -0.255. The summed E-state index contributed by atoms with van der Waals surface area (Å²) >= 11 is 1.54. The van der Waals surface area contributed by atoms with E-state index in [0.29, 0.717) is 6.61 Å². The van der Waals surface area contributed by atoms with Gasteiger partial charge >= 0.3 is 5.97 Å². The van der Waals surface area contributed by atoms with E-state index in [9.17, 15) is 4.79 Å². The number of esters is 1. The van der Waals surface area contributed by atoms with Gasteiger partial charge in [-0.2, -0.15) is 0 Å². The summed E-state index contributed by atoms with van der Waals surface area (Å²) in [6, 6.07) is 0. The van der Waals surface area contributed by atoms with Crippen molar-refractivity contribution in [3.63, 3.8) is 0 Å². The van der Waals surface area contributed by atoms with Crippen molar-refractivity contribution < 1.29 is 9.53 Å². The monoisotopic (exact) mass is 160 g/mol. The average molecular weight is 160 g/mol. The van der Waals surface area contributed by atoms with Gasteiger partial charge in [0.1, 0.15) is 0 Å². The van der Waals surface area contributed by atoms with Crippen molar-refractivity contribution in [1.82, 2.24) is 0 Å². The first-order valence-corrected chi connectivity index (χ1v) is 4.32. The summed E-state index contributed by atoms with van der Waals surface area (Å²) in [4.78, 5) is 11.7. The lowest BCUT2D eigenvalue weighted by Gasteiger charge is -1.96. The minimum Gasteiger partial charge on any atom is -0.463 e. The lowest BCUT2D eigenvalue weighted by atomic mass is 10.5. The molecule has 10 heavy (non-hydrogen) atoms. The van der Waals surface area contributed by atoms with Gasteiger partial charge in [0.05, 0.1) is 6.61 Å². The molecule has 0 spiro atoms. The van der Waals surface area contributed by atoms with Gasteiger partial charge in [0.25, 0.3) is 0 Å². The molecule has 0 aromatic heterocycles. The van der Waals surface area contributed by atoms with Crippen LogP contribution in [0.5, 0.6) is 0 Å². The number of carbonyl (C=O) groups is 1. The Hall–Kier alpha value is -0.440. The third-order valence-corrected chi connectivity index (χ3v) is 1.69. The fraction of sp³-hybridized carbons (Fsp3) is 0.571. The third kappa shape index (κ3) is 4.44. The molecule has 0 N–H and O–H groups in total. The molecule has 0 aliphatic rings. The molecule has 0 amide bonds. The van der Waals surface area contributed by atoms with Gasteiger partial charge in [-0.3, -0.25) is 0 Å². The Morgan fingerprint density at radius 1 is 1.70 bits per heavy atom. The number of rotatable bonds is 3. The number of thioether (sulfide) groups is 1. The maximum absolute atomic E-state index is 10.7. The zero-order chi connectivity index (χ0) is 7.98. The van der Waals surface area contributed by atoms with Gasteiger partial charge < -0.3 is 4.74 Å². The fourth-order valence-corrected chi connectivity index (χ4v) is 0.623. The molecule has 3 heteroatoms. The van der Waals surface area contributed by atoms with Gasteiger partial charge in [-0.05, 0) is 25.0 Å². The Balaban J connectivity index is 3.75. The molecule has 0 rings (SSSR count). The van der Waals surface area contributed by atoms with Gasteiger partial charge in [-0.1, -0.05) is 0 Å². The van der Waals surface area contributed by atoms with Crippen LogP contribution < -0.4 is 0 Å². The third-order valence-electron chi connectivity index (χ3n) is 0.930.